The molecule has 0 fully saturated rings. The van der Waals surface area contributed by atoms with E-state index in [0.717, 1.165) is 10.4 Å². The van der Waals surface area contributed by atoms with Gasteiger partial charge in [0.1, 0.15) is 11.5 Å². The predicted octanol–water partition coefficient (Wildman–Crippen LogP) is 2.15. The van der Waals surface area contributed by atoms with Crippen LogP contribution in [-0.2, 0) is 10.2 Å². The molecule has 3 aromatic rings. The predicted molar refractivity (Wildman–Crippen MR) is 92.2 cm³/mol. The number of ketones is 1. The number of hydrogen-bond acceptors (Lipinski definition) is 4. The van der Waals surface area contributed by atoms with Crippen molar-refractivity contribution in [3.8, 4) is 0 Å². The van der Waals surface area contributed by atoms with Gasteiger partial charge >= 0.3 is 10.2 Å². The number of nitrogens with one attached hydrogen (secondary N) is 2. The molecule has 0 atom stereocenters. The van der Waals surface area contributed by atoms with Gasteiger partial charge in [-0.15, -0.1) is 0 Å². The summed E-state index contributed by atoms with van der Waals surface area (Å²) in [5.74, 6) is -1.31. The van der Waals surface area contributed by atoms with Crippen LogP contribution in [0.25, 0.3) is 11.0 Å². The van der Waals surface area contributed by atoms with Crippen LogP contribution in [0.3, 0.4) is 0 Å². The first-order valence-electron chi connectivity index (χ1n) is 7.26. The fourth-order valence-electron chi connectivity index (χ4n) is 2.29. The van der Waals surface area contributed by atoms with E-state index in [1.165, 1.54) is 32.4 Å². The van der Waals surface area contributed by atoms with E-state index in [-0.39, 0.29) is 16.8 Å². The van der Waals surface area contributed by atoms with Crippen molar-refractivity contribution in [3.05, 3.63) is 59.7 Å². The Morgan fingerprint density at radius 3 is 2.72 bits per heavy atom. The minimum absolute atomic E-state index is 0.0939. The Morgan fingerprint density at radius 2 is 2.00 bits per heavy atom. The summed E-state index contributed by atoms with van der Waals surface area (Å²) >= 11 is 0. The highest BCUT2D eigenvalue weighted by Gasteiger charge is 2.20. The lowest BCUT2D eigenvalue weighted by Crippen LogP contribution is -2.29. The average Bonchev–Trinajstić information content (AvgIpc) is 2.99. The van der Waals surface area contributed by atoms with Crippen molar-refractivity contribution in [1.29, 1.82) is 0 Å². The van der Waals surface area contributed by atoms with Gasteiger partial charge in [-0.25, -0.2) is 9.37 Å². The second kappa shape index (κ2) is 6.26. The van der Waals surface area contributed by atoms with Crippen molar-refractivity contribution in [3.63, 3.8) is 0 Å². The van der Waals surface area contributed by atoms with E-state index in [9.17, 15) is 17.6 Å². The molecule has 0 bridgehead atoms. The minimum Gasteiger partial charge on any atom is -0.345 e. The molecule has 9 heteroatoms. The van der Waals surface area contributed by atoms with Crippen molar-refractivity contribution in [2.45, 2.75) is 0 Å². The summed E-state index contributed by atoms with van der Waals surface area (Å²) in [6.07, 6.45) is 3.03. The molecular weight excluding hydrogens is 347 g/mol. The van der Waals surface area contributed by atoms with Gasteiger partial charge in [0.2, 0.25) is 0 Å². The number of hydrogen-bond donors (Lipinski definition) is 2. The van der Waals surface area contributed by atoms with Gasteiger partial charge in [0.15, 0.2) is 5.78 Å². The highest BCUT2D eigenvalue weighted by molar-refractivity contribution is 7.90. The van der Waals surface area contributed by atoms with E-state index in [4.69, 9.17) is 0 Å². The lowest BCUT2D eigenvalue weighted by Gasteiger charge is -2.14. The molecule has 0 aliphatic rings. The monoisotopic (exact) mass is 362 g/mol. The zero-order chi connectivity index (χ0) is 18.2. The van der Waals surface area contributed by atoms with Gasteiger partial charge in [-0.1, -0.05) is 0 Å². The molecule has 3 rings (SSSR count). The number of aromatic nitrogens is 2. The number of pyridine rings is 1. The van der Waals surface area contributed by atoms with Crippen LogP contribution in [0.5, 0.6) is 0 Å². The highest BCUT2D eigenvalue weighted by Crippen LogP contribution is 2.23. The Hall–Kier alpha value is -2.78. The van der Waals surface area contributed by atoms with Gasteiger partial charge in [-0.3, -0.25) is 9.52 Å². The van der Waals surface area contributed by atoms with E-state index >= 15 is 0 Å². The summed E-state index contributed by atoms with van der Waals surface area (Å²) in [5.41, 5.74) is 0.630. The third-order valence-corrected chi connectivity index (χ3v) is 5.09. The molecule has 2 aromatic heterocycles. The van der Waals surface area contributed by atoms with Crippen LogP contribution in [-0.4, -0.2) is 42.6 Å². The Bertz CT molecular complexity index is 1060. The van der Waals surface area contributed by atoms with E-state index < -0.39 is 21.8 Å². The second-order valence-electron chi connectivity index (χ2n) is 5.52. The molecule has 7 nitrogen and oxygen atoms in total. The van der Waals surface area contributed by atoms with Crippen molar-refractivity contribution in [1.82, 2.24) is 14.3 Å². The lowest BCUT2D eigenvalue weighted by molar-refractivity contribution is 0.103. The molecule has 2 heterocycles. The van der Waals surface area contributed by atoms with Crippen molar-refractivity contribution >= 4 is 32.7 Å². The number of anilines is 1. The van der Waals surface area contributed by atoms with Crippen LogP contribution in [0.2, 0.25) is 0 Å². The van der Waals surface area contributed by atoms with Gasteiger partial charge in [0.25, 0.3) is 0 Å². The minimum atomic E-state index is -3.76. The Balaban J connectivity index is 2.02. The molecule has 2 N–H and O–H groups in total. The fourth-order valence-corrected chi connectivity index (χ4v) is 2.90. The topological polar surface area (TPSA) is 95.2 Å². The third kappa shape index (κ3) is 3.24. The Labute approximate surface area is 143 Å². The quantitative estimate of drug-likeness (QED) is 0.680. The van der Waals surface area contributed by atoms with Gasteiger partial charge in [-0.05, 0) is 30.3 Å². The van der Waals surface area contributed by atoms with Crippen LogP contribution in [0.1, 0.15) is 15.9 Å². The van der Waals surface area contributed by atoms with Crippen molar-refractivity contribution < 1.29 is 17.6 Å². The van der Waals surface area contributed by atoms with Crippen LogP contribution in [0.15, 0.2) is 42.7 Å². The molecule has 130 valence electrons. The SMILES string of the molecule is CN(C)S(=O)(=O)Nc1ccc(F)c(C(=O)c2c[nH]c3ncccc23)c1. The van der Waals surface area contributed by atoms with E-state index in [1.807, 2.05) is 0 Å². The maximum atomic E-state index is 14.2. The summed E-state index contributed by atoms with van der Waals surface area (Å²) in [4.78, 5) is 19.7. The summed E-state index contributed by atoms with van der Waals surface area (Å²) in [7, 11) is -1.05. The summed E-state index contributed by atoms with van der Waals surface area (Å²) in [5, 5.41) is 0.561. The molecular formula is C16H15FN4O3S. The summed E-state index contributed by atoms with van der Waals surface area (Å²) < 4.78 is 41.2. The van der Waals surface area contributed by atoms with Gasteiger partial charge in [0.05, 0.1) is 11.3 Å². The maximum Gasteiger partial charge on any atom is 0.301 e. The van der Waals surface area contributed by atoms with Crippen LogP contribution >= 0.6 is 0 Å². The first kappa shape index (κ1) is 17.1. The second-order valence-corrected chi connectivity index (χ2v) is 7.40. The maximum absolute atomic E-state index is 14.2. The largest absolute Gasteiger partial charge is 0.345 e. The lowest BCUT2D eigenvalue weighted by atomic mass is 10.0. The fraction of sp³-hybridized carbons (Fsp3) is 0.125. The van der Waals surface area contributed by atoms with Gasteiger partial charge in [0, 0.05) is 37.4 Å². The van der Waals surface area contributed by atoms with Gasteiger partial charge < -0.3 is 4.98 Å². The van der Waals surface area contributed by atoms with Crippen molar-refractivity contribution in [2.75, 3.05) is 18.8 Å². The number of carbonyl (C=O) groups is 1. The van der Waals surface area contributed by atoms with E-state index in [0.29, 0.717) is 11.0 Å². The molecule has 0 unspecified atom stereocenters. The number of aromatic amines is 1. The number of nitrogens with zero attached hydrogens (tertiary/aromatic N) is 2. The first-order chi connectivity index (χ1) is 11.8. The number of benzene rings is 1. The Morgan fingerprint density at radius 1 is 1.24 bits per heavy atom. The molecule has 1 aromatic carbocycles. The standard InChI is InChI=1S/C16H15FN4O3S/c1-21(2)25(23,24)20-10-5-6-14(17)12(8-10)15(22)13-9-19-16-11(13)4-3-7-18-16/h3-9,20H,1-2H3,(H,18,19). The van der Waals surface area contributed by atoms with E-state index in [1.54, 1.807) is 18.3 Å². The molecule has 0 radical (unpaired) electrons. The number of H-pyrrole nitrogens is 1. The summed E-state index contributed by atoms with van der Waals surface area (Å²) in [6.45, 7) is 0. The molecule has 0 saturated carbocycles. The first-order valence-corrected chi connectivity index (χ1v) is 8.70. The normalized spacial score (nSPS) is 11.8. The van der Waals surface area contributed by atoms with Crippen molar-refractivity contribution in [2.24, 2.45) is 0 Å². The molecule has 25 heavy (non-hydrogen) atoms. The highest BCUT2D eigenvalue weighted by atomic mass is 32.2. The molecule has 0 spiro atoms. The zero-order valence-electron chi connectivity index (χ0n) is 13.4. The third-order valence-electron chi connectivity index (χ3n) is 3.63. The average molecular weight is 362 g/mol. The van der Waals surface area contributed by atoms with Crippen LogP contribution in [0, 0.1) is 5.82 Å². The molecule has 0 aliphatic carbocycles. The van der Waals surface area contributed by atoms with Crippen LogP contribution < -0.4 is 4.72 Å². The van der Waals surface area contributed by atoms with Gasteiger partial charge in [-0.2, -0.15) is 12.7 Å². The summed E-state index contributed by atoms with van der Waals surface area (Å²) in [6, 6.07) is 6.85. The smallest absolute Gasteiger partial charge is 0.301 e. The molecule has 0 saturated heterocycles. The number of halogens is 1. The Kier molecular flexibility index (Phi) is 4.27. The number of fused-ring (bicyclic) bond motifs is 1. The zero-order valence-corrected chi connectivity index (χ0v) is 14.3. The molecule has 0 amide bonds. The number of carbonyl (C=O) groups excluding carboxylic acids is 1. The van der Waals surface area contributed by atoms with Crippen LogP contribution in [0.4, 0.5) is 10.1 Å². The van der Waals surface area contributed by atoms with E-state index in [2.05, 4.69) is 14.7 Å². The number of rotatable bonds is 5. The molecule has 0 aliphatic heterocycles.